The lowest BCUT2D eigenvalue weighted by molar-refractivity contribution is -0.0308. The average Bonchev–Trinajstić information content (AvgIpc) is 2.33. The minimum Gasteiger partial charge on any atom is -0.494 e. The molecule has 0 spiro atoms. The Kier molecular flexibility index (Phi) is 3.37. The largest absolute Gasteiger partial charge is 0.494 e. The number of aliphatic hydroxyl groups is 1. The van der Waals surface area contributed by atoms with E-state index in [1.54, 1.807) is 12.1 Å². The Labute approximate surface area is 108 Å². The maximum Gasteiger partial charge on any atom is 0.165 e. The Bertz CT molecular complexity index is 430. The first-order valence-electron chi connectivity index (χ1n) is 6.43. The lowest BCUT2D eigenvalue weighted by Gasteiger charge is -2.40. The summed E-state index contributed by atoms with van der Waals surface area (Å²) in [7, 11) is 1.44. The number of rotatable bonds is 2. The molecule has 2 nitrogen and oxygen atoms in total. The van der Waals surface area contributed by atoms with Crippen LogP contribution in [0.5, 0.6) is 5.75 Å². The summed E-state index contributed by atoms with van der Waals surface area (Å²) in [5.41, 5.74) is 0.0520. The Morgan fingerprint density at radius 2 is 1.78 bits per heavy atom. The molecule has 0 radical (unpaired) electrons. The zero-order chi connectivity index (χ0) is 13.4. The molecule has 0 bridgehead atoms. The summed E-state index contributed by atoms with van der Waals surface area (Å²) in [5.74, 6) is -0.188. The topological polar surface area (TPSA) is 29.5 Å². The van der Waals surface area contributed by atoms with Crippen LogP contribution in [0.4, 0.5) is 4.39 Å². The quantitative estimate of drug-likeness (QED) is 0.871. The van der Waals surface area contributed by atoms with Crippen molar-refractivity contribution in [1.82, 2.24) is 0 Å². The van der Waals surface area contributed by atoms with Crippen LogP contribution in [-0.2, 0) is 5.60 Å². The minimum absolute atomic E-state index is 0.221. The molecule has 0 aliphatic heterocycles. The highest BCUT2D eigenvalue weighted by Gasteiger charge is 2.38. The van der Waals surface area contributed by atoms with Gasteiger partial charge in [0.25, 0.3) is 0 Å². The standard InChI is InChI=1S/C15H21FO2/c1-14(2)6-8-15(17,9-7-14)11-4-5-13(18-3)12(16)10-11/h4-5,10,17H,6-9H2,1-3H3. The highest BCUT2D eigenvalue weighted by atomic mass is 19.1. The number of halogens is 1. The van der Waals surface area contributed by atoms with Gasteiger partial charge in [0, 0.05) is 0 Å². The third-order valence-corrected chi connectivity index (χ3v) is 4.12. The molecule has 0 aromatic heterocycles. The van der Waals surface area contributed by atoms with Crippen molar-refractivity contribution in [1.29, 1.82) is 0 Å². The number of benzene rings is 1. The van der Waals surface area contributed by atoms with E-state index in [0.717, 1.165) is 12.8 Å². The monoisotopic (exact) mass is 252 g/mol. The van der Waals surface area contributed by atoms with Crippen molar-refractivity contribution in [3.63, 3.8) is 0 Å². The Hall–Kier alpha value is -1.09. The van der Waals surface area contributed by atoms with Gasteiger partial charge in [-0.1, -0.05) is 19.9 Å². The van der Waals surface area contributed by atoms with Crippen LogP contribution >= 0.6 is 0 Å². The van der Waals surface area contributed by atoms with Crippen LogP contribution in [0.15, 0.2) is 18.2 Å². The molecule has 1 N–H and O–H groups in total. The molecule has 3 heteroatoms. The van der Waals surface area contributed by atoms with Gasteiger partial charge in [0.2, 0.25) is 0 Å². The van der Waals surface area contributed by atoms with Gasteiger partial charge in [-0.3, -0.25) is 0 Å². The van der Waals surface area contributed by atoms with Crippen molar-refractivity contribution in [2.45, 2.75) is 45.1 Å². The highest BCUT2D eigenvalue weighted by molar-refractivity contribution is 5.33. The molecule has 1 aromatic rings. The van der Waals surface area contributed by atoms with E-state index in [2.05, 4.69) is 13.8 Å². The summed E-state index contributed by atoms with van der Waals surface area (Å²) in [5, 5.41) is 10.7. The molecule has 0 atom stereocenters. The second-order valence-electron chi connectivity index (χ2n) is 6.05. The van der Waals surface area contributed by atoms with Crippen molar-refractivity contribution < 1.29 is 14.2 Å². The van der Waals surface area contributed by atoms with Gasteiger partial charge in [-0.25, -0.2) is 4.39 Å². The molecule has 0 amide bonds. The van der Waals surface area contributed by atoms with Gasteiger partial charge in [-0.2, -0.15) is 0 Å². The summed E-state index contributed by atoms with van der Waals surface area (Å²) in [6, 6.07) is 4.75. The molecule has 1 aromatic carbocycles. The van der Waals surface area contributed by atoms with Crippen molar-refractivity contribution in [3.05, 3.63) is 29.6 Å². The van der Waals surface area contributed by atoms with Gasteiger partial charge in [-0.05, 0) is 48.8 Å². The van der Waals surface area contributed by atoms with E-state index < -0.39 is 11.4 Å². The van der Waals surface area contributed by atoms with Crippen molar-refractivity contribution >= 4 is 0 Å². The molecule has 18 heavy (non-hydrogen) atoms. The summed E-state index contributed by atoms with van der Waals surface area (Å²) < 4.78 is 18.6. The maximum atomic E-state index is 13.7. The molecule has 0 unspecified atom stereocenters. The fraction of sp³-hybridized carbons (Fsp3) is 0.600. The fourth-order valence-electron chi connectivity index (χ4n) is 2.58. The third kappa shape index (κ3) is 2.51. The van der Waals surface area contributed by atoms with Crippen LogP contribution in [0, 0.1) is 11.2 Å². The van der Waals surface area contributed by atoms with E-state index in [1.165, 1.54) is 13.2 Å². The van der Waals surface area contributed by atoms with E-state index in [0.29, 0.717) is 18.4 Å². The molecule has 1 aliphatic carbocycles. The van der Waals surface area contributed by atoms with Gasteiger partial charge in [0.15, 0.2) is 11.6 Å². The third-order valence-electron chi connectivity index (χ3n) is 4.12. The molecule has 1 saturated carbocycles. The van der Waals surface area contributed by atoms with E-state index in [9.17, 15) is 9.50 Å². The lowest BCUT2D eigenvalue weighted by atomic mass is 9.69. The maximum absolute atomic E-state index is 13.7. The second-order valence-corrected chi connectivity index (χ2v) is 6.05. The molecule has 0 heterocycles. The van der Waals surface area contributed by atoms with Crippen LogP contribution in [0.1, 0.15) is 45.1 Å². The number of methoxy groups -OCH3 is 1. The molecule has 100 valence electrons. The Morgan fingerprint density at radius 1 is 1.17 bits per heavy atom. The zero-order valence-electron chi connectivity index (χ0n) is 11.3. The van der Waals surface area contributed by atoms with Crippen LogP contribution in [0.2, 0.25) is 0 Å². The van der Waals surface area contributed by atoms with E-state index in [4.69, 9.17) is 4.74 Å². The van der Waals surface area contributed by atoms with Crippen molar-refractivity contribution in [3.8, 4) is 5.75 Å². The first-order valence-corrected chi connectivity index (χ1v) is 6.43. The van der Waals surface area contributed by atoms with Gasteiger partial charge in [0.05, 0.1) is 12.7 Å². The summed E-state index contributed by atoms with van der Waals surface area (Å²) in [4.78, 5) is 0. The zero-order valence-corrected chi connectivity index (χ0v) is 11.3. The average molecular weight is 252 g/mol. The van der Waals surface area contributed by atoms with E-state index in [-0.39, 0.29) is 11.2 Å². The summed E-state index contributed by atoms with van der Waals surface area (Å²) in [6.45, 7) is 4.42. The normalized spacial score (nSPS) is 21.6. The second kappa shape index (κ2) is 4.54. The van der Waals surface area contributed by atoms with Crippen LogP contribution in [0.25, 0.3) is 0 Å². The number of hydrogen-bond donors (Lipinski definition) is 1. The van der Waals surface area contributed by atoms with Crippen molar-refractivity contribution in [2.75, 3.05) is 7.11 Å². The Morgan fingerprint density at radius 3 is 2.28 bits per heavy atom. The van der Waals surface area contributed by atoms with Gasteiger partial charge < -0.3 is 9.84 Å². The molecular formula is C15H21FO2. The predicted octanol–water partition coefficient (Wildman–Crippen LogP) is 3.62. The molecule has 1 fully saturated rings. The summed E-state index contributed by atoms with van der Waals surface area (Å²) >= 11 is 0. The van der Waals surface area contributed by atoms with E-state index in [1.807, 2.05) is 0 Å². The number of ether oxygens (including phenoxy) is 1. The van der Waals surface area contributed by atoms with Crippen LogP contribution < -0.4 is 4.74 Å². The van der Waals surface area contributed by atoms with Crippen LogP contribution in [-0.4, -0.2) is 12.2 Å². The molecule has 0 saturated heterocycles. The minimum atomic E-state index is -0.886. The van der Waals surface area contributed by atoms with Gasteiger partial charge in [0.1, 0.15) is 0 Å². The Balaban J connectivity index is 2.23. The number of hydrogen-bond acceptors (Lipinski definition) is 2. The summed E-state index contributed by atoms with van der Waals surface area (Å²) in [6.07, 6.45) is 3.28. The SMILES string of the molecule is COc1ccc(C2(O)CCC(C)(C)CC2)cc1F. The predicted molar refractivity (Wildman–Crippen MR) is 69.1 cm³/mol. The van der Waals surface area contributed by atoms with E-state index >= 15 is 0 Å². The fourth-order valence-corrected chi connectivity index (χ4v) is 2.58. The van der Waals surface area contributed by atoms with Crippen LogP contribution in [0.3, 0.4) is 0 Å². The first kappa shape index (κ1) is 13.3. The smallest absolute Gasteiger partial charge is 0.165 e. The van der Waals surface area contributed by atoms with Crippen molar-refractivity contribution in [2.24, 2.45) is 5.41 Å². The highest BCUT2D eigenvalue weighted by Crippen LogP contribution is 2.45. The molecule has 2 rings (SSSR count). The molecular weight excluding hydrogens is 231 g/mol. The first-order chi connectivity index (χ1) is 8.36. The lowest BCUT2D eigenvalue weighted by Crippen LogP contribution is -2.34. The van der Waals surface area contributed by atoms with Gasteiger partial charge >= 0.3 is 0 Å². The molecule has 1 aliphatic rings. The van der Waals surface area contributed by atoms with Gasteiger partial charge in [-0.15, -0.1) is 0 Å².